The van der Waals surface area contributed by atoms with Crippen molar-refractivity contribution in [2.45, 2.75) is 19.8 Å². The number of benzene rings is 1. The Bertz CT molecular complexity index is 531. The Morgan fingerprint density at radius 2 is 2.08 bits per heavy atom. The Balaban J connectivity index is 0.00000288. The average molecular weight is 361 g/mol. The molecule has 0 aromatic heterocycles. The van der Waals surface area contributed by atoms with Crippen molar-refractivity contribution in [2.24, 2.45) is 5.41 Å². The van der Waals surface area contributed by atoms with E-state index in [1.54, 1.807) is 20.1 Å². The number of carbonyl (C=O) groups is 1. The number of hydrogen-bond acceptors (Lipinski definition) is 4. The minimum absolute atomic E-state index is 0. The molecule has 136 valence electrons. The van der Waals surface area contributed by atoms with Crippen LogP contribution in [-0.2, 0) is 4.74 Å². The quantitative estimate of drug-likeness (QED) is 0.784. The molecule has 1 aliphatic heterocycles. The molecule has 7 heteroatoms. The summed E-state index contributed by atoms with van der Waals surface area (Å²) in [5.74, 6) is -0.825. The van der Waals surface area contributed by atoms with Gasteiger partial charge in [-0.1, -0.05) is 6.07 Å². The monoisotopic (exact) mass is 360 g/mol. The topological polar surface area (TPSA) is 59.6 Å². The van der Waals surface area contributed by atoms with Crippen molar-refractivity contribution in [3.63, 3.8) is 0 Å². The fraction of sp³-hybridized carbons (Fsp3) is 0.588. The van der Waals surface area contributed by atoms with E-state index in [0.29, 0.717) is 19.8 Å². The summed E-state index contributed by atoms with van der Waals surface area (Å²) >= 11 is 0. The largest absolute Gasteiger partial charge is 0.490 e. The number of ether oxygens (including phenoxy) is 2. The van der Waals surface area contributed by atoms with E-state index < -0.39 is 5.82 Å². The molecule has 1 aliphatic rings. The maximum Gasteiger partial charge on any atom is 0.255 e. The zero-order valence-corrected chi connectivity index (χ0v) is 15.0. The number of para-hydroxylation sites is 1. The molecule has 0 unspecified atom stereocenters. The van der Waals surface area contributed by atoms with E-state index in [1.165, 1.54) is 12.1 Å². The van der Waals surface area contributed by atoms with Crippen LogP contribution in [0.4, 0.5) is 4.39 Å². The Hall–Kier alpha value is -1.37. The number of carbonyl (C=O) groups excluding carboxylic acids is 1. The molecule has 1 heterocycles. The van der Waals surface area contributed by atoms with E-state index in [4.69, 9.17) is 9.47 Å². The maximum absolute atomic E-state index is 13.9. The van der Waals surface area contributed by atoms with E-state index in [0.717, 1.165) is 25.9 Å². The average Bonchev–Trinajstić information content (AvgIpc) is 2.56. The van der Waals surface area contributed by atoms with Gasteiger partial charge in [-0.15, -0.1) is 12.4 Å². The van der Waals surface area contributed by atoms with Gasteiger partial charge >= 0.3 is 0 Å². The van der Waals surface area contributed by atoms with Crippen LogP contribution in [0.1, 0.15) is 30.1 Å². The number of methoxy groups -OCH3 is 1. The highest BCUT2D eigenvalue weighted by Crippen LogP contribution is 2.29. The van der Waals surface area contributed by atoms with Crippen LogP contribution in [0.15, 0.2) is 18.2 Å². The lowest BCUT2D eigenvalue weighted by Gasteiger charge is -2.37. The molecule has 1 aromatic rings. The second-order valence-corrected chi connectivity index (χ2v) is 5.92. The Labute approximate surface area is 148 Å². The van der Waals surface area contributed by atoms with Gasteiger partial charge in [0.05, 0.1) is 18.8 Å². The van der Waals surface area contributed by atoms with Gasteiger partial charge in [0.25, 0.3) is 5.91 Å². The molecule has 0 saturated carbocycles. The van der Waals surface area contributed by atoms with Crippen LogP contribution in [-0.4, -0.2) is 45.9 Å². The van der Waals surface area contributed by atoms with Crippen molar-refractivity contribution in [3.05, 3.63) is 29.6 Å². The molecule has 0 aliphatic carbocycles. The second kappa shape index (κ2) is 9.81. The van der Waals surface area contributed by atoms with E-state index in [9.17, 15) is 9.18 Å². The summed E-state index contributed by atoms with van der Waals surface area (Å²) in [6.45, 7) is 4.98. The van der Waals surface area contributed by atoms with E-state index in [2.05, 4.69) is 10.6 Å². The lowest BCUT2D eigenvalue weighted by molar-refractivity contribution is 0.0511. The first-order valence-electron chi connectivity index (χ1n) is 8.01. The molecular formula is C17H26ClFN2O3. The smallest absolute Gasteiger partial charge is 0.255 e. The molecule has 0 spiro atoms. The zero-order valence-electron chi connectivity index (χ0n) is 14.2. The van der Waals surface area contributed by atoms with Gasteiger partial charge in [0.2, 0.25) is 0 Å². The molecule has 2 rings (SSSR count). The van der Waals surface area contributed by atoms with Crippen molar-refractivity contribution in [1.29, 1.82) is 0 Å². The first-order valence-corrected chi connectivity index (χ1v) is 8.01. The summed E-state index contributed by atoms with van der Waals surface area (Å²) in [6, 6.07) is 4.39. The summed E-state index contributed by atoms with van der Waals surface area (Å²) in [5.41, 5.74) is 0.155. The highest BCUT2D eigenvalue weighted by Gasteiger charge is 2.33. The number of hydrogen-bond donors (Lipinski definition) is 2. The van der Waals surface area contributed by atoms with Gasteiger partial charge in [-0.05, 0) is 45.0 Å². The zero-order chi connectivity index (χ0) is 16.7. The highest BCUT2D eigenvalue weighted by molar-refractivity contribution is 5.97. The number of halogens is 2. The summed E-state index contributed by atoms with van der Waals surface area (Å²) < 4.78 is 24.5. The lowest BCUT2D eigenvalue weighted by Crippen LogP contribution is -2.47. The first kappa shape index (κ1) is 20.7. The van der Waals surface area contributed by atoms with Crippen molar-refractivity contribution in [3.8, 4) is 5.75 Å². The fourth-order valence-corrected chi connectivity index (χ4v) is 2.98. The molecule has 24 heavy (non-hydrogen) atoms. The predicted octanol–water partition coefficient (Wildman–Crippen LogP) is 2.39. The van der Waals surface area contributed by atoms with Gasteiger partial charge in [-0.3, -0.25) is 4.79 Å². The van der Waals surface area contributed by atoms with E-state index in [-0.39, 0.29) is 35.0 Å². The summed E-state index contributed by atoms with van der Waals surface area (Å²) in [5, 5.41) is 6.24. The van der Waals surface area contributed by atoms with Gasteiger partial charge in [-0.25, -0.2) is 4.39 Å². The van der Waals surface area contributed by atoms with E-state index >= 15 is 0 Å². The molecule has 2 N–H and O–H groups in total. The molecule has 0 radical (unpaired) electrons. The van der Waals surface area contributed by atoms with Gasteiger partial charge in [0.1, 0.15) is 0 Å². The molecule has 1 fully saturated rings. The van der Waals surface area contributed by atoms with Crippen LogP contribution < -0.4 is 15.4 Å². The first-order chi connectivity index (χ1) is 11.1. The van der Waals surface area contributed by atoms with Gasteiger partial charge in [-0.2, -0.15) is 0 Å². The van der Waals surface area contributed by atoms with Gasteiger partial charge in [0, 0.05) is 19.1 Å². The van der Waals surface area contributed by atoms with E-state index in [1.807, 2.05) is 0 Å². The molecule has 0 bridgehead atoms. The van der Waals surface area contributed by atoms with Crippen LogP contribution in [0, 0.1) is 11.2 Å². The van der Waals surface area contributed by atoms with Gasteiger partial charge < -0.3 is 20.1 Å². The lowest BCUT2D eigenvalue weighted by atomic mass is 9.79. The van der Waals surface area contributed by atoms with Crippen molar-refractivity contribution >= 4 is 18.3 Å². The standard InChI is InChI=1S/C17H25FN2O3.ClH/c1-3-23-15-13(5-4-6-14(15)18)16(21)20-11-17(12-22-2)7-9-19-10-8-17;/h4-6,19H,3,7-12H2,1-2H3,(H,20,21);1H. The third-order valence-electron chi connectivity index (χ3n) is 4.24. The molecule has 1 saturated heterocycles. The number of piperidine rings is 1. The van der Waals surface area contributed by atoms with Crippen LogP contribution in [0.3, 0.4) is 0 Å². The Morgan fingerprint density at radius 1 is 1.38 bits per heavy atom. The number of amides is 1. The highest BCUT2D eigenvalue weighted by atomic mass is 35.5. The minimum Gasteiger partial charge on any atom is -0.490 e. The van der Waals surface area contributed by atoms with Crippen LogP contribution in [0.2, 0.25) is 0 Å². The fourth-order valence-electron chi connectivity index (χ4n) is 2.98. The van der Waals surface area contributed by atoms with Crippen molar-refractivity contribution in [1.82, 2.24) is 10.6 Å². The summed E-state index contributed by atoms with van der Waals surface area (Å²) in [4.78, 5) is 12.5. The molecule has 5 nitrogen and oxygen atoms in total. The summed E-state index contributed by atoms with van der Waals surface area (Å²) in [6.07, 6.45) is 1.87. The molecule has 0 atom stereocenters. The SMILES string of the molecule is CCOc1c(F)cccc1C(=O)NCC1(COC)CCNCC1.Cl. The number of rotatable bonds is 7. The normalized spacial score (nSPS) is 16.1. The van der Waals surface area contributed by atoms with Crippen molar-refractivity contribution in [2.75, 3.05) is 40.0 Å². The Morgan fingerprint density at radius 3 is 2.71 bits per heavy atom. The minimum atomic E-state index is -0.520. The third kappa shape index (κ3) is 5.06. The predicted molar refractivity (Wildman–Crippen MR) is 93.6 cm³/mol. The number of nitrogens with one attached hydrogen (secondary N) is 2. The van der Waals surface area contributed by atoms with Crippen LogP contribution >= 0.6 is 12.4 Å². The maximum atomic E-state index is 13.9. The Kier molecular flexibility index (Phi) is 8.45. The second-order valence-electron chi connectivity index (χ2n) is 5.92. The third-order valence-corrected chi connectivity index (χ3v) is 4.24. The molecule has 1 amide bonds. The molecular weight excluding hydrogens is 335 g/mol. The summed E-state index contributed by atoms with van der Waals surface area (Å²) in [7, 11) is 1.67. The molecule has 1 aromatic carbocycles. The van der Waals surface area contributed by atoms with Gasteiger partial charge in [0.15, 0.2) is 11.6 Å². The van der Waals surface area contributed by atoms with Crippen molar-refractivity contribution < 1.29 is 18.7 Å². The van der Waals surface area contributed by atoms with Crippen LogP contribution in [0.5, 0.6) is 5.75 Å². The van der Waals surface area contributed by atoms with Crippen LogP contribution in [0.25, 0.3) is 0 Å².